The lowest BCUT2D eigenvalue weighted by molar-refractivity contribution is -0.133. The number of carbonyl (C=O) groups is 2. The van der Waals surface area contributed by atoms with E-state index in [9.17, 15) is 14.0 Å². The van der Waals surface area contributed by atoms with Crippen LogP contribution < -0.4 is 10.2 Å². The number of rotatable bonds is 1. The lowest BCUT2D eigenvalue weighted by atomic mass is 9.84. The lowest BCUT2D eigenvalue weighted by Gasteiger charge is -2.39. The van der Waals surface area contributed by atoms with Gasteiger partial charge < -0.3 is 10.2 Å². The first kappa shape index (κ1) is 14.5. The SMILES string of the molecule is Cc1c(F)cccc1N1CC(=O)NC(C(C)(C)C)C1=O. The molecular weight excluding hydrogens is 259 g/mol. The van der Waals surface area contributed by atoms with Crippen LogP contribution in [0.15, 0.2) is 18.2 Å². The second-order valence-corrected chi connectivity index (χ2v) is 6.17. The van der Waals surface area contributed by atoms with Crippen LogP contribution in [0.4, 0.5) is 10.1 Å². The topological polar surface area (TPSA) is 49.4 Å². The molecule has 4 nitrogen and oxygen atoms in total. The van der Waals surface area contributed by atoms with Crippen molar-refractivity contribution in [1.29, 1.82) is 0 Å². The van der Waals surface area contributed by atoms with Gasteiger partial charge in [0.15, 0.2) is 0 Å². The summed E-state index contributed by atoms with van der Waals surface area (Å²) in [5.41, 5.74) is 0.439. The van der Waals surface area contributed by atoms with Gasteiger partial charge in [-0.05, 0) is 24.5 Å². The summed E-state index contributed by atoms with van der Waals surface area (Å²) in [6, 6.07) is 3.94. The zero-order valence-electron chi connectivity index (χ0n) is 12.2. The molecule has 2 amide bonds. The highest BCUT2D eigenvalue weighted by Gasteiger charge is 2.40. The molecule has 1 aromatic rings. The minimum absolute atomic E-state index is 0.0737. The number of benzene rings is 1. The van der Waals surface area contributed by atoms with Crippen LogP contribution >= 0.6 is 0 Å². The normalized spacial score (nSPS) is 20.1. The Balaban J connectivity index is 2.43. The van der Waals surface area contributed by atoms with Crippen molar-refractivity contribution in [3.8, 4) is 0 Å². The zero-order valence-corrected chi connectivity index (χ0v) is 12.2. The maximum absolute atomic E-state index is 13.7. The van der Waals surface area contributed by atoms with Gasteiger partial charge in [-0.2, -0.15) is 0 Å². The molecule has 0 radical (unpaired) electrons. The van der Waals surface area contributed by atoms with E-state index < -0.39 is 11.5 Å². The van der Waals surface area contributed by atoms with Gasteiger partial charge in [-0.1, -0.05) is 26.8 Å². The lowest BCUT2D eigenvalue weighted by Crippen LogP contribution is -2.62. The Bertz CT molecular complexity index is 563. The number of hydrogen-bond acceptors (Lipinski definition) is 2. The number of halogens is 1. The highest BCUT2D eigenvalue weighted by molar-refractivity contribution is 6.07. The van der Waals surface area contributed by atoms with Gasteiger partial charge >= 0.3 is 0 Å². The van der Waals surface area contributed by atoms with Crippen LogP contribution in [0, 0.1) is 18.2 Å². The summed E-state index contributed by atoms with van der Waals surface area (Å²) in [5.74, 6) is -0.812. The van der Waals surface area contributed by atoms with Crippen molar-refractivity contribution in [3.05, 3.63) is 29.6 Å². The molecule has 1 N–H and O–H groups in total. The van der Waals surface area contributed by atoms with Gasteiger partial charge in [0.05, 0.1) is 5.69 Å². The van der Waals surface area contributed by atoms with E-state index >= 15 is 0 Å². The third-order valence-corrected chi connectivity index (χ3v) is 3.52. The maximum Gasteiger partial charge on any atom is 0.250 e. The van der Waals surface area contributed by atoms with E-state index in [1.807, 2.05) is 20.8 Å². The fraction of sp³-hybridized carbons (Fsp3) is 0.467. The van der Waals surface area contributed by atoms with Gasteiger partial charge in [-0.15, -0.1) is 0 Å². The van der Waals surface area contributed by atoms with Crippen molar-refractivity contribution in [2.75, 3.05) is 11.4 Å². The van der Waals surface area contributed by atoms with Gasteiger partial charge in [0.25, 0.3) is 5.91 Å². The Labute approximate surface area is 118 Å². The predicted octanol–water partition coefficient (Wildman–Crippen LogP) is 2.01. The average Bonchev–Trinajstić information content (AvgIpc) is 2.34. The van der Waals surface area contributed by atoms with Gasteiger partial charge in [0.1, 0.15) is 18.4 Å². The number of carbonyl (C=O) groups excluding carboxylic acids is 2. The Morgan fingerprint density at radius 2 is 1.95 bits per heavy atom. The van der Waals surface area contributed by atoms with Crippen molar-refractivity contribution in [2.45, 2.75) is 33.7 Å². The van der Waals surface area contributed by atoms with Gasteiger partial charge in [-0.3, -0.25) is 9.59 Å². The minimum Gasteiger partial charge on any atom is -0.342 e. The molecule has 5 heteroatoms. The first-order valence-corrected chi connectivity index (χ1v) is 6.57. The highest BCUT2D eigenvalue weighted by Crippen LogP contribution is 2.28. The molecule has 1 atom stereocenters. The molecule has 1 heterocycles. The van der Waals surface area contributed by atoms with Crippen LogP contribution in [0.25, 0.3) is 0 Å². The molecule has 0 aromatic heterocycles. The summed E-state index contributed by atoms with van der Waals surface area (Å²) >= 11 is 0. The van der Waals surface area contributed by atoms with Crippen molar-refractivity contribution < 1.29 is 14.0 Å². The van der Waals surface area contributed by atoms with Crippen molar-refractivity contribution in [3.63, 3.8) is 0 Å². The number of nitrogens with zero attached hydrogens (tertiary/aromatic N) is 1. The van der Waals surface area contributed by atoms with Crippen molar-refractivity contribution in [2.24, 2.45) is 5.41 Å². The molecule has 20 heavy (non-hydrogen) atoms. The van der Waals surface area contributed by atoms with Crippen LogP contribution in [-0.2, 0) is 9.59 Å². The first-order valence-electron chi connectivity index (χ1n) is 6.57. The first-order chi connectivity index (χ1) is 9.21. The van der Waals surface area contributed by atoms with E-state index in [-0.39, 0.29) is 24.2 Å². The molecular formula is C15H19FN2O2. The monoisotopic (exact) mass is 278 g/mol. The van der Waals surface area contributed by atoms with E-state index in [1.54, 1.807) is 19.1 Å². The largest absolute Gasteiger partial charge is 0.342 e. The third kappa shape index (κ3) is 2.53. The Morgan fingerprint density at radius 1 is 1.30 bits per heavy atom. The Kier molecular flexibility index (Phi) is 3.54. The predicted molar refractivity (Wildman–Crippen MR) is 74.9 cm³/mol. The fourth-order valence-electron chi connectivity index (χ4n) is 2.33. The number of hydrogen-bond donors (Lipinski definition) is 1. The number of nitrogens with one attached hydrogen (secondary N) is 1. The van der Waals surface area contributed by atoms with Crippen LogP contribution in [-0.4, -0.2) is 24.4 Å². The average molecular weight is 278 g/mol. The molecule has 1 aliphatic heterocycles. The molecule has 1 aliphatic rings. The molecule has 2 rings (SSSR count). The smallest absolute Gasteiger partial charge is 0.250 e. The van der Waals surface area contributed by atoms with Crippen LogP contribution in [0.2, 0.25) is 0 Å². The Hall–Kier alpha value is -1.91. The molecule has 108 valence electrons. The molecule has 0 spiro atoms. The van der Waals surface area contributed by atoms with Crippen LogP contribution in [0.1, 0.15) is 26.3 Å². The summed E-state index contributed by atoms with van der Waals surface area (Å²) in [7, 11) is 0. The van der Waals surface area contributed by atoms with Crippen molar-refractivity contribution in [1.82, 2.24) is 5.32 Å². The standard InChI is InChI=1S/C15H19FN2O2/c1-9-10(16)6-5-7-11(9)18-8-12(19)17-13(14(18)20)15(2,3)4/h5-7,13H,8H2,1-4H3,(H,17,19). The second-order valence-electron chi connectivity index (χ2n) is 6.17. The van der Waals surface area contributed by atoms with Crippen LogP contribution in [0.3, 0.4) is 0 Å². The summed E-state index contributed by atoms with van der Waals surface area (Å²) in [6.07, 6.45) is 0. The third-order valence-electron chi connectivity index (χ3n) is 3.52. The van der Waals surface area contributed by atoms with Crippen molar-refractivity contribution >= 4 is 17.5 Å². The van der Waals surface area contributed by atoms with E-state index in [2.05, 4.69) is 5.32 Å². The van der Waals surface area contributed by atoms with Gasteiger partial charge in [-0.25, -0.2) is 4.39 Å². The molecule has 0 aliphatic carbocycles. The van der Waals surface area contributed by atoms with Gasteiger partial charge in [0.2, 0.25) is 5.91 Å². The van der Waals surface area contributed by atoms with E-state index in [4.69, 9.17) is 0 Å². The van der Waals surface area contributed by atoms with Gasteiger partial charge in [0, 0.05) is 5.56 Å². The summed E-state index contributed by atoms with van der Waals surface area (Å²) in [4.78, 5) is 25.8. The van der Waals surface area contributed by atoms with E-state index in [0.717, 1.165) is 0 Å². The minimum atomic E-state index is -0.605. The zero-order chi connectivity index (χ0) is 15.1. The summed E-state index contributed by atoms with van der Waals surface area (Å²) in [5, 5.41) is 2.72. The molecule has 1 aromatic carbocycles. The van der Waals surface area contributed by atoms with Crippen LogP contribution in [0.5, 0.6) is 0 Å². The van der Waals surface area contributed by atoms with E-state index in [0.29, 0.717) is 11.3 Å². The summed E-state index contributed by atoms with van der Waals surface area (Å²) in [6.45, 7) is 7.19. The quantitative estimate of drug-likeness (QED) is 0.854. The number of amides is 2. The second kappa shape index (κ2) is 4.89. The molecule has 1 saturated heterocycles. The number of anilines is 1. The molecule has 1 fully saturated rings. The number of piperazine rings is 1. The Morgan fingerprint density at radius 3 is 2.55 bits per heavy atom. The fourth-order valence-corrected chi connectivity index (χ4v) is 2.33. The molecule has 0 bridgehead atoms. The maximum atomic E-state index is 13.7. The summed E-state index contributed by atoms with van der Waals surface area (Å²) < 4.78 is 13.7. The molecule has 0 saturated carbocycles. The highest BCUT2D eigenvalue weighted by atomic mass is 19.1. The van der Waals surface area contributed by atoms with E-state index in [1.165, 1.54) is 11.0 Å². The molecule has 1 unspecified atom stereocenters.